The third kappa shape index (κ3) is 3.04. The Hall–Kier alpha value is -2.58. The maximum atomic E-state index is 6.39. The van der Waals surface area contributed by atoms with E-state index < -0.39 is 0 Å². The molecule has 2 atom stereocenters. The SMILES string of the molecule is c1ccc(CCN2CC3CC(c4ccccc4)(C2)c2ccccc2O3)cc1. The average molecular weight is 355 g/mol. The lowest BCUT2D eigenvalue weighted by Crippen LogP contribution is -2.56. The average Bonchev–Trinajstić information content (AvgIpc) is 2.73. The van der Waals surface area contributed by atoms with Gasteiger partial charge in [-0.2, -0.15) is 0 Å². The summed E-state index contributed by atoms with van der Waals surface area (Å²) in [5.41, 5.74) is 4.19. The first-order chi connectivity index (χ1) is 13.3. The molecule has 2 heterocycles. The monoisotopic (exact) mass is 355 g/mol. The second kappa shape index (κ2) is 6.86. The van der Waals surface area contributed by atoms with Gasteiger partial charge in [-0.1, -0.05) is 78.9 Å². The fourth-order valence-corrected chi connectivity index (χ4v) is 4.89. The van der Waals surface area contributed by atoms with Crippen molar-refractivity contribution >= 4 is 0 Å². The molecule has 0 radical (unpaired) electrons. The summed E-state index contributed by atoms with van der Waals surface area (Å²) in [5, 5.41) is 0. The second-order valence-electron chi connectivity index (χ2n) is 7.86. The zero-order valence-corrected chi connectivity index (χ0v) is 15.6. The van der Waals surface area contributed by atoms with Gasteiger partial charge >= 0.3 is 0 Å². The van der Waals surface area contributed by atoms with Gasteiger partial charge in [0.1, 0.15) is 11.9 Å². The Kier molecular flexibility index (Phi) is 4.21. The lowest BCUT2D eigenvalue weighted by atomic mass is 9.67. The first-order valence-electron chi connectivity index (χ1n) is 9.91. The number of benzene rings is 3. The quantitative estimate of drug-likeness (QED) is 0.674. The molecule has 2 unspecified atom stereocenters. The molecule has 2 bridgehead atoms. The number of ether oxygens (including phenoxy) is 1. The van der Waals surface area contributed by atoms with E-state index in [9.17, 15) is 0 Å². The topological polar surface area (TPSA) is 12.5 Å². The Morgan fingerprint density at radius 1 is 0.852 bits per heavy atom. The maximum Gasteiger partial charge on any atom is 0.123 e. The van der Waals surface area contributed by atoms with Crippen molar-refractivity contribution in [1.82, 2.24) is 4.90 Å². The number of likely N-dealkylation sites (tertiary alicyclic amines) is 1. The van der Waals surface area contributed by atoms with Crippen LogP contribution < -0.4 is 4.74 Å². The molecule has 27 heavy (non-hydrogen) atoms. The summed E-state index contributed by atoms with van der Waals surface area (Å²) in [5.74, 6) is 1.07. The van der Waals surface area contributed by atoms with E-state index in [1.807, 2.05) is 0 Å². The van der Waals surface area contributed by atoms with Crippen LogP contribution in [0.2, 0.25) is 0 Å². The van der Waals surface area contributed by atoms with Crippen LogP contribution in [0.1, 0.15) is 23.1 Å². The van der Waals surface area contributed by atoms with Gasteiger partial charge in [0.2, 0.25) is 0 Å². The lowest BCUT2D eigenvalue weighted by molar-refractivity contribution is 0.0313. The van der Waals surface area contributed by atoms with Crippen molar-refractivity contribution in [2.75, 3.05) is 19.6 Å². The predicted octanol–water partition coefficient (Wildman–Crippen LogP) is 4.68. The van der Waals surface area contributed by atoms with E-state index in [1.165, 1.54) is 16.7 Å². The summed E-state index contributed by atoms with van der Waals surface area (Å²) >= 11 is 0. The number of hydrogen-bond donors (Lipinski definition) is 0. The normalized spacial score (nSPS) is 24.1. The fraction of sp³-hybridized carbons (Fsp3) is 0.280. The standard InChI is InChI=1S/C25H25NO/c1-3-9-20(10-4-1)15-16-26-18-22-17-25(19-26,21-11-5-2-6-12-21)23-13-7-8-14-24(23)27-22/h1-14,22H,15-19H2. The highest BCUT2D eigenvalue weighted by Crippen LogP contribution is 2.48. The summed E-state index contributed by atoms with van der Waals surface area (Å²) in [6.45, 7) is 3.14. The highest BCUT2D eigenvalue weighted by atomic mass is 16.5. The molecule has 0 spiro atoms. The molecule has 0 saturated carbocycles. The molecule has 3 aromatic carbocycles. The van der Waals surface area contributed by atoms with E-state index in [2.05, 4.69) is 89.8 Å². The number of hydrogen-bond acceptors (Lipinski definition) is 2. The maximum absolute atomic E-state index is 6.39. The molecule has 2 aliphatic heterocycles. The lowest BCUT2D eigenvalue weighted by Gasteiger charge is -2.50. The molecule has 1 fully saturated rings. The van der Waals surface area contributed by atoms with Gasteiger partial charge in [0.25, 0.3) is 0 Å². The van der Waals surface area contributed by atoms with E-state index in [0.717, 1.165) is 38.2 Å². The summed E-state index contributed by atoms with van der Waals surface area (Å²) in [6.07, 6.45) is 2.40. The minimum absolute atomic E-state index is 0.0235. The van der Waals surface area contributed by atoms with Crippen LogP contribution in [0.25, 0.3) is 0 Å². The van der Waals surface area contributed by atoms with Crippen molar-refractivity contribution in [3.05, 3.63) is 102 Å². The first kappa shape index (κ1) is 16.6. The van der Waals surface area contributed by atoms with Crippen LogP contribution in [0.15, 0.2) is 84.9 Å². The van der Waals surface area contributed by atoms with Crippen LogP contribution in [0.5, 0.6) is 5.75 Å². The molecule has 0 aromatic heterocycles. The minimum atomic E-state index is 0.0235. The van der Waals surface area contributed by atoms with Gasteiger partial charge in [0.05, 0.1) is 0 Å². The zero-order chi connectivity index (χ0) is 18.1. The molecule has 3 aromatic rings. The van der Waals surface area contributed by atoms with Crippen LogP contribution in [0, 0.1) is 0 Å². The zero-order valence-electron chi connectivity index (χ0n) is 15.6. The van der Waals surface area contributed by atoms with E-state index in [1.54, 1.807) is 0 Å². The second-order valence-corrected chi connectivity index (χ2v) is 7.86. The number of fused-ring (bicyclic) bond motifs is 4. The molecule has 5 rings (SSSR count). The van der Waals surface area contributed by atoms with Crippen molar-refractivity contribution in [1.29, 1.82) is 0 Å². The van der Waals surface area contributed by atoms with Crippen molar-refractivity contribution < 1.29 is 4.74 Å². The van der Waals surface area contributed by atoms with Crippen molar-refractivity contribution in [2.45, 2.75) is 24.4 Å². The molecule has 0 aliphatic carbocycles. The molecule has 136 valence electrons. The number of nitrogens with zero attached hydrogens (tertiary/aromatic N) is 1. The van der Waals surface area contributed by atoms with Crippen molar-refractivity contribution in [3.63, 3.8) is 0 Å². The van der Waals surface area contributed by atoms with Crippen LogP contribution in [-0.4, -0.2) is 30.6 Å². The molecule has 0 amide bonds. The molecule has 1 saturated heterocycles. The van der Waals surface area contributed by atoms with Gasteiger partial charge in [-0.15, -0.1) is 0 Å². The first-order valence-corrected chi connectivity index (χ1v) is 9.91. The van der Waals surface area contributed by atoms with Gasteiger partial charge in [0.15, 0.2) is 0 Å². The Morgan fingerprint density at radius 3 is 2.37 bits per heavy atom. The third-order valence-corrected chi connectivity index (χ3v) is 6.11. The van der Waals surface area contributed by atoms with Gasteiger partial charge < -0.3 is 4.74 Å². The molecule has 0 N–H and O–H groups in total. The van der Waals surface area contributed by atoms with Crippen molar-refractivity contribution in [3.8, 4) is 5.75 Å². The van der Waals surface area contributed by atoms with Gasteiger partial charge in [-0.3, -0.25) is 4.90 Å². The Balaban J connectivity index is 1.49. The number of para-hydroxylation sites is 1. The highest BCUT2D eigenvalue weighted by Gasteiger charge is 2.47. The van der Waals surface area contributed by atoms with Crippen molar-refractivity contribution in [2.24, 2.45) is 0 Å². The number of piperidine rings is 1. The van der Waals surface area contributed by atoms with Crippen LogP contribution >= 0.6 is 0 Å². The van der Waals surface area contributed by atoms with Crippen LogP contribution in [0.4, 0.5) is 0 Å². The van der Waals surface area contributed by atoms with E-state index in [4.69, 9.17) is 4.74 Å². The molecular weight excluding hydrogens is 330 g/mol. The largest absolute Gasteiger partial charge is 0.489 e. The highest BCUT2D eigenvalue weighted by molar-refractivity contribution is 5.50. The fourth-order valence-electron chi connectivity index (χ4n) is 4.89. The Morgan fingerprint density at radius 2 is 1.56 bits per heavy atom. The molecule has 2 heteroatoms. The molecule has 2 aliphatic rings. The Bertz CT molecular complexity index is 908. The van der Waals surface area contributed by atoms with Gasteiger partial charge in [-0.05, 0) is 23.6 Å². The summed E-state index contributed by atoms with van der Waals surface area (Å²) in [7, 11) is 0. The smallest absolute Gasteiger partial charge is 0.123 e. The number of rotatable bonds is 4. The van der Waals surface area contributed by atoms with Gasteiger partial charge in [0, 0.05) is 37.0 Å². The summed E-state index contributed by atoms with van der Waals surface area (Å²) in [6, 6.07) is 30.5. The molecule has 2 nitrogen and oxygen atoms in total. The van der Waals surface area contributed by atoms with Gasteiger partial charge in [-0.25, -0.2) is 0 Å². The minimum Gasteiger partial charge on any atom is -0.489 e. The predicted molar refractivity (Wildman–Crippen MR) is 109 cm³/mol. The van der Waals surface area contributed by atoms with E-state index in [-0.39, 0.29) is 11.5 Å². The van der Waals surface area contributed by atoms with E-state index in [0.29, 0.717) is 0 Å². The van der Waals surface area contributed by atoms with E-state index >= 15 is 0 Å². The summed E-state index contributed by atoms with van der Waals surface area (Å²) < 4.78 is 6.39. The Labute approximate surface area is 161 Å². The molecular formula is C25H25NO. The van der Waals surface area contributed by atoms with Crippen LogP contribution in [0.3, 0.4) is 0 Å². The van der Waals surface area contributed by atoms with Crippen LogP contribution in [-0.2, 0) is 11.8 Å². The summed E-state index contributed by atoms with van der Waals surface area (Å²) in [4.78, 5) is 2.60. The third-order valence-electron chi connectivity index (χ3n) is 6.11.